The van der Waals surface area contributed by atoms with E-state index in [4.69, 9.17) is 11.5 Å². The SMILES string of the molecule is CCCCC(Cc1c[nH]c2ccccc12)NC(=O)C(N)=NC(N)=[N+]1CCN(C(C)C)CC1. The molecule has 0 bridgehead atoms. The zero-order valence-electron chi connectivity index (χ0n) is 19.6. The van der Waals surface area contributed by atoms with Crippen LogP contribution in [0.2, 0.25) is 0 Å². The first-order chi connectivity index (χ1) is 15.4. The van der Waals surface area contributed by atoms with Crippen LogP contribution in [0.3, 0.4) is 0 Å². The van der Waals surface area contributed by atoms with Gasteiger partial charge in [0.2, 0.25) is 0 Å². The highest BCUT2D eigenvalue weighted by Crippen LogP contribution is 2.20. The van der Waals surface area contributed by atoms with Gasteiger partial charge in [0.25, 0.3) is 5.84 Å². The Morgan fingerprint density at radius 2 is 1.97 bits per heavy atom. The smallest absolute Gasteiger partial charge is 0.365 e. The minimum absolute atomic E-state index is 0.0220. The van der Waals surface area contributed by atoms with Crippen molar-refractivity contribution in [1.29, 1.82) is 0 Å². The Hall–Kier alpha value is -2.87. The van der Waals surface area contributed by atoms with E-state index in [2.05, 4.69) is 53.1 Å². The summed E-state index contributed by atoms with van der Waals surface area (Å²) in [5.41, 5.74) is 14.5. The molecule has 0 saturated carbocycles. The molecule has 2 aromatic rings. The highest BCUT2D eigenvalue weighted by atomic mass is 16.2. The van der Waals surface area contributed by atoms with Crippen molar-refractivity contribution in [3.8, 4) is 0 Å². The molecule has 0 radical (unpaired) electrons. The van der Waals surface area contributed by atoms with Crippen LogP contribution in [0.5, 0.6) is 0 Å². The number of rotatable bonds is 7. The molecule has 8 nitrogen and oxygen atoms in total. The van der Waals surface area contributed by atoms with E-state index in [0.29, 0.717) is 12.0 Å². The molecular formula is C24H38N7O+. The Labute approximate surface area is 190 Å². The van der Waals surface area contributed by atoms with E-state index in [0.717, 1.165) is 57.4 Å². The van der Waals surface area contributed by atoms with Crippen molar-refractivity contribution in [2.45, 2.75) is 58.5 Å². The van der Waals surface area contributed by atoms with Crippen LogP contribution in [0, 0.1) is 0 Å². The van der Waals surface area contributed by atoms with Gasteiger partial charge in [-0.05, 0) is 43.3 Å². The van der Waals surface area contributed by atoms with Gasteiger partial charge in [0, 0.05) is 42.3 Å². The van der Waals surface area contributed by atoms with E-state index < -0.39 is 0 Å². The molecule has 1 aliphatic rings. The molecule has 0 aliphatic carbocycles. The number of para-hydroxylation sites is 1. The number of aromatic nitrogens is 1. The number of aromatic amines is 1. The number of amides is 1. The third-order valence-corrected chi connectivity index (χ3v) is 6.22. The maximum atomic E-state index is 12.8. The lowest BCUT2D eigenvalue weighted by Gasteiger charge is -2.30. The molecule has 0 spiro atoms. The van der Waals surface area contributed by atoms with Gasteiger partial charge in [-0.15, -0.1) is 0 Å². The number of hydrogen-bond acceptors (Lipinski definition) is 2. The lowest BCUT2D eigenvalue weighted by Crippen LogP contribution is -2.48. The number of unbranched alkanes of at least 4 members (excludes halogenated alkanes) is 1. The second kappa shape index (κ2) is 11.1. The summed E-state index contributed by atoms with van der Waals surface area (Å²) < 4.78 is 1.99. The highest BCUT2D eigenvalue weighted by molar-refractivity contribution is 6.38. The number of amidine groups is 1. The van der Waals surface area contributed by atoms with E-state index in [-0.39, 0.29) is 17.8 Å². The number of guanidine groups is 1. The van der Waals surface area contributed by atoms with Gasteiger partial charge in [0.15, 0.2) is 0 Å². The average molecular weight is 441 g/mol. The summed E-state index contributed by atoms with van der Waals surface area (Å²) in [6.45, 7) is 9.93. The quantitative estimate of drug-likeness (QED) is 0.298. The largest absolute Gasteiger partial charge is 0.387 e. The van der Waals surface area contributed by atoms with E-state index in [1.807, 2.05) is 22.9 Å². The maximum Gasteiger partial charge on any atom is 0.387 e. The van der Waals surface area contributed by atoms with Crippen LogP contribution in [-0.2, 0) is 11.2 Å². The summed E-state index contributed by atoms with van der Waals surface area (Å²) in [5.74, 6) is -0.147. The van der Waals surface area contributed by atoms with E-state index in [1.54, 1.807) is 0 Å². The molecule has 6 N–H and O–H groups in total. The third-order valence-electron chi connectivity index (χ3n) is 6.22. The first-order valence-corrected chi connectivity index (χ1v) is 11.7. The van der Waals surface area contributed by atoms with Gasteiger partial charge in [-0.2, -0.15) is 0 Å². The molecule has 3 rings (SSSR count). The van der Waals surface area contributed by atoms with E-state index in [9.17, 15) is 4.79 Å². The Morgan fingerprint density at radius 3 is 2.66 bits per heavy atom. The molecule has 1 fully saturated rings. The van der Waals surface area contributed by atoms with Crippen LogP contribution in [0.1, 0.15) is 45.6 Å². The zero-order valence-corrected chi connectivity index (χ0v) is 19.6. The van der Waals surface area contributed by atoms with Gasteiger partial charge in [-0.3, -0.25) is 20.0 Å². The summed E-state index contributed by atoms with van der Waals surface area (Å²) in [4.78, 5) is 22.7. The standard InChI is InChI=1S/C24H37N7O/c1-4-5-8-19(15-18-16-27-21-10-7-6-9-20(18)21)28-23(32)22(25)29-24(26)31-13-11-30(12-14-31)17(2)3/h6-7,9-10,16-17,19,27H,4-5,8,11-15H2,1-3H3,(H4,25,26,28,29,32)/p+1. The van der Waals surface area contributed by atoms with Crippen molar-refractivity contribution in [1.82, 2.24) is 15.2 Å². The highest BCUT2D eigenvalue weighted by Gasteiger charge is 2.23. The maximum absolute atomic E-state index is 12.8. The van der Waals surface area contributed by atoms with Crippen LogP contribution < -0.4 is 16.8 Å². The summed E-state index contributed by atoms with van der Waals surface area (Å²) >= 11 is 0. The normalized spacial score (nSPS) is 16.5. The summed E-state index contributed by atoms with van der Waals surface area (Å²) in [7, 11) is 0. The predicted octanol–water partition coefficient (Wildman–Crippen LogP) is 1.79. The molecule has 1 aliphatic heterocycles. The molecule has 1 saturated heterocycles. The summed E-state index contributed by atoms with van der Waals surface area (Å²) in [5, 5.41) is 4.26. The molecule has 174 valence electrons. The Kier molecular flexibility index (Phi) is 8.27. The van der Waals surface area contributed by atoms with Gasteiger partial charge in [0.1, 0.15) is 0 Å². The number of nitrogens with zero attached hydrogens (tertiary/aromatic N) is 3. The lowest BCUT2D eigenvalue weighted by molar-refractivity contribution is -0.542. The molecule has 1 unspecified atom stereocenters. The average Bonchev–Trinajstić information content (AvgIpc) is 3.20. The number of nitrogens with two attached hydrogens (primary N) is 2. The fourth-order valence-electron chi connectivity index (χ4n) is 4.21. The molecule has 1 aromatic carbocycles. The van der Waals surface area contributed by atoms with Crippen molar-refractivity contribution in [3.63, 3.8) is 0 Å². The van der Waals surface area contributed by atoms with Crippen LogP contribution >= 0.6 is 0 Å². The van der Waals surface area contributed by atoms with Crippen LogP contribution in [0.15, 0.2) is 35.5 Å². The number of H-pyrrole nitrogens is 1. The van der Waals surface area contributed by atoms with Crippen molar-refractivity contribution in [2.75, 3.05) is 26.2 Å². The number of fused-ring (bicyclic) bond motifs is 1. The fraction of sp³-hybridized carbons (Fsp3) is 0.542. The number of aliphatic imine (C=N–C) groups is 1. The second-order valence-electron chi connectivity index (χ2n) is 8.85. The minimum Gasteiger partial charge on any atom is -0.365 e. The first-order valence-electron chi connectivity index (χ1n) is 11.7. The van der Waals surface area contributed by atoms with E-state index >= 15 is 0 Å². The van der Waals surface area contributed by atoms with Gasteiger partial charge in [0.05, 0.1) is 13.1 Å². The molecule has 1 atom stereocenters. The molecule has 1 aromatic heterocycles. The third kappa shape index (κ3) is 6.09. The number of hydrogen-bond donors (Lipinski definition) is 4. The number of nitrogens with one attached hydrogen (secondary N) is 2. The Balaban J connectivity index is 1.66. The van der Waals surface area contributed by atoms with Crippen LogP contribution in [0.25, 0.3) is 10.9 Å². The minimum atomic E-state index is -0.366. The number of carbonyl (C=O) groups excluding carboxylic acids is 1. The van der Waals surface area contributed by atoms with Gasteiger partial charge in [-0.1, -0.05) is 38.0 Å². The summed E-state index contributed by atoms with van der Waals surface area (Å²) in [6.07, 6.45) is 5.73. The van der Waals surface area contributed by atoms with E-state index in [1.165, 1.54) is 10.9 Å². The molecule has 2 heterocycles. The lowest BCUT2D eigenvalue weighted by atomic mass is 10.0. The summed E-state index contributed by atoms with van der Waals surface area (Å²) in [6, 6.07) is 8.69. The second-order valence-corrected chi connectivity index (χ2v) is 8.85. The number of carbonyl (C=O) groups is 1. The van der Waals surface area contributed by atoms with Gasteiger partial charge < -0.3 is 16.0 Å². The number of piperazine rings is 1. The molecular weight excluding hydrogens is 402 g/mol. The van der Waals surface area contributed by atoms with Crippen LogP contribution in [-0.4, -0.2) is 70.4 Å². The van der Waals surface area contributed by atoms with Crippen molar-refractivity contribution < 1.29 is 9.37 Å². The fourth-order valence-corrected chi connectivity index (χ4v) is 4.21. The van der Waals surface area contributed by atoms with Crippen molar-refractivity contribution in [3.05, 3.63) is 36.0 Å². The van der Waals surface area contributed by atoms with Crippen LogP contribution in [0.4, 0.5) is 0 Å². The van der Waals surface area contributed by atoms with Crippen molar-refractivity contribution in [2.24, 2.45) is 16.5 Å². The Morgan fingerprint density at radius 1 is 1.25 bits per heavy atom. The monoisotopic (exact) mass is 440 g/mol. The molecule has 32 heavy (non-hydrogen) atoms. The molecule has 1 amide bonds. The topological polar surface area (TPSA) is 116 Å². The van der Waals surface area contributed by atoms with Gasteiger partial charge in [-0.25, -0.2) is 0 Å². The zero-order chi connectivity index (χ0) is 23.1. The first kappa shape index (κ1) is 23.8. The van der Waals surface area contributed by atoms with Gasteiger partial charge >= 0.3 is 11.9 Å². The predicted molar refractivity (Wildman–Crippen MR) is 131 cm³/mol. The Bertz CT molecular complexity index is 966. The van der Waals surface area contributed by atoms with Crippen molar-refractivity contribution >= 4 is 28.6 Å². The number of benzene rings is 1. The molecule has 8 heteroatoms.